The van der Waals surface area contributed by atoms with E-state index in [1.165, 1.54) is 4.90 Å². The molecule has 3 aliphatic rings. The Kier molecular flexibility index (Phi) is 7.37. The minimum absolute atomic E-state index is 0.0320. The average Bonchev–Trinajstić information content (AvgIpc) is 3.02. The zero-order valence-electron chi connectivity index (χ0n) is 20.7. The van der Waals surface area contributed by atoms with Crippen LogP contribution in [0.1, 0.15) is 43.2 Å². The Morgan fingerprint density at radius 2 is 1.81 bits per heavy atom. The molecule has 1 saturated carbocycles. The fraction of sp³-hybridized carbons (Fsp3) is 0.464. The van der Waals surface area contributed by atoms with Crippen LogP contribution in [-0.2, 0) is 22.4 Å². The first-order valence-electron chi connectivity index (χ1n) is 12.9. The highest BCUT2D eigenvalue weighted by Crippen LogP contribution is 2.40. The maximum atomic E-state index is 13.9. The fourth-order valence-electron chi connectivity index (χ4n) is 5.80. The largest absolute Gasteiger partial charge is 0.481 e. The number of carboxylic acids is 1. The second kappa shape index (κ2) is 10.5. The molecule has 1 aliphatic carbocycles. The maximum absolute atomic E-state index is 13.9. The first-order chi connectivity index (χ1) is 17.8. The van der Waals surface area contributed by atoms with Crippen molar-refractivity contribution in [2.45, 2.75) is 50.5 Å². The van der Waals surface area contributed by atoms with Crippen LogP contribution in [0.3, 0.4) is 0 Å². The highest BCUT2D eigenvalue weighted by Gasteiger charge is 2.58. The van der Waals surface area contributed by atoms with E-state index < -0.39 is 11.5 Å². The molecule has 0 bridgehead atoms. The number of urea groups is 1. The molecule has 0 aromatic heterocycles. The molecule has 5 rings (SSSR count). The number of carbonyl (C=O) groups excluding carboxylic acids is 2. The van der Waals surface area contributed by atoms with Crippen molar-refractivity contribution in [3.63, 3.8) is 0 Å². The number of nitrogens with zero attached hydrogens (tertiary/aromatic N) is 3. The summed E-state index contributed by atoms with van der Waals surface area (Å²) in [4.78, 5) is 44.1. The lowest BCUT2D eigenvalue weighted by Crippen LogP contribution is -2.57. The number of hydrogen-bond acceptors (Lipinski definition) is 4. The smallest absolute Gasteiger partial charge is 0.327 e. The molecule has 3 fully saturated rings. The summed E-state index contributed by atoms with van der Waals surface area (Å²) in [5, 5.41) is 10.3. The van der Waals surface area contributed by atoms with Crippen LogP contribution in [0, 0.1) is 5.92 Å². The molecule has 2 aliphatic heterocycles. The molecule has 0 atom stereocenters. The molecule has 196 valence electrons. The topological polar surface area (TPSA) is 81.2 Å². The number of piperidine rings is 1. The number of benzene rings is 2. The summed E-state index contributed by atoms with van der Waals surface area (Å²) >= 11 is 12.5. The van der Waals surface area contributed by atoms with E-state index in [0.29, 0.717) is 61.4 Å². The number of rotatable bonds is 8. The van der Waals surface area contributed by atoms with E-state index in [-0.39, 0.29) is 18.4 Å². The van der Waals surface area contributed by atoms with E-state index in [2.05, 4.69) is 4.90 Å². The molecule has 2 saturated heterocycles. The van der Waals surface area contributed by atoms with Crippen molar-refractivity contribution < 1.29 is 19.5 Å². The van der Waals surface area contributed by atoms with Crippen LogP contribution in [0.25, 0.3) is 0 Å². The highest BCUT2D eigenvalue weighted by molar-refractivity contribution is 6.35. The minimum Gasteiger partial charge on any atom is -0.481 e. The molecule has 9 heteroatoms. The third-order valence-electron chi connectivity index (χ3n) is 8.13. The van der Waals surface area contributed by atoms with Crippen molar-refractivity contribution in [1.29, 1.82) is 0 Å². The summed E-state index contributed by atoms with van der Waals surface area (Å²) in [7, 11) is 0. The van der Waals surface area contributed by atoms with Crippen molar-refractivity contribution >= 4 is 46.8 Å². The molecule has 37 heavy (non-hydrogen) atoms. The van der Waals surface area contributed by atoms with Gasteiger partial charge in [0.2, 0.25) is 0 Å². The standard InChI is InChI=1S/C28H31Cl2N3O4/c29-22-8-7-21(24(30)17-22)9-12-33-27(37)32(18-19-3-1-4-19)26(36)28(33)10-13-31(14-11-28)23-6-2-5-20(15-23)16-25(34)35/h2,5-8,15,17,19H,1,3-4,9-14,16,18H2,(H,34,35). The van der Waals surface area contributed by atoms with Gasteiger partial charge in [-0.2, -0.15) is 0 Å². The van der Waals surface area contributed by atoms with Gasteiger partial charge in [-0.15, -0.1) is 0 Å². The quantitative estimate of drug-likeness (QED) is 0.459. The van der Waals surface area contributed by atoms with Gasteiger partial charge in [0.1, 0.15) is 5.54 Å². The van der Waals surface area contributed by atoms with Crippen molar-refractivity contribution in [3.8, 4) is 0 Å². The predicted octanol–water partition coefficient (Wildman–Crippen LogP) is 5.27. The Balaban J connectivity index is 1.36. The average molecular weight is 544 g/mol. The van der Waals surface area contributed by atoms with Crippen LogP contribution in [0.5, 0.6) is 0 Å². The van der Waals surface area contributed by atoms with E-state index in [4.69, 9.17) is 28.3 Å². The Morgan fingerprint density at radius 3 is 2.46 bits per heavy atom. The fourth-order valence-corrected chi connectivity index (χ4v) is 6.30. The number of carbonyl (C=O) groups is 3. The Bertz CT molecular complexity index is 1210. The molecule has 1 spiro atoms. The zero-order valence-corrected chi connectivity index (χ0v) is 22.2. The highest BCUT2D eigenvalue weighted by atomic mass is 35.5. The van der Waals surface area contributed by atoms with Gasteiger partial charge in [0, 0.05) is 41.9 Å². The molecule has 3 amide bonds. The Morgan fingerprint density at radius 1 is 1.05 bits per heavy atom. The van der Waals surface area contributed by atoms with Crippen LogP contribution in [0.2, 0.25) is 10.0 Å². The summed E-state index contributed by atoms with van der Waals surface area (Å²) in [6, 6.07) is 12.7. The number of anilines is 1. The lowest BCUT2D eigenvalue weighted by atomic mass is 9.83. The summed E-state index contributed by atoms with van der Waals surface area (Å²) in [6.45, 7) is 2.11. The number of amides is 3. The molecule has 0 radical (unpaired) electrons. The summed E-state index contributed by atoms with van der Waals surface area (Å²) in [6.07, 6.45) is 4.83. The van der Waals surface area contributed by atoms with Gasteiger partial charge in [0.05, 0.1) is 6.42 Å². The van der Waals surface area contributed by atoms with Gasteiger partial charge in [-0.05, 0) is 73.4 Å². The summed E-state index contributed by atoms with van der Waals surface area (Å²) in [5.74, 6) is -0.550. The SMILES string of the molecule is O=C(O)Cc1cccc(N2CCC3(CC2)C(=O)N(CC2CCC2)C(=O)N3CCc2ccc(Cl)cc2Cl)c1. The van der Waals surface area contributed by atoms with Gasteiger partial charge in [-0.3, -0.25) is 14.5 Å². The van der Waals surface area contributed by atoms with Crippen LogP contribution < -0.4 is 4.90 Å². The second-order valence-electron chi connectivity index (χ2n) is 10.4. The van der Waals surface area contributed by atoms with Crippen molar-refractivity contribution in [2.24, 2.45) is 5.92 Å². The third-order valence-corrected chi connectivity index (χ3v) is 8.72. The normalized spacial score (nSPS) is 19.6. The molecule has 2 aromatic rings. The van der Waals surface area contributed by atoms with E-state index >= 15 is 0 Å². The number of halogens is 2. The van der Waals surface area contributed by atoms with Crippen molar-refractivity contribution in [3.05, 3.63) is 63.6 Å². The lowest BCUT2D eigenvalue weighted by molar-refractivity contribution is -0.136. The van der Waals surface area contributed by atoms with Crippen LogP contribution in [0.15, 0.2) is 42.5 Å². The molecular formula is C28H31Cl2N3O4. The zero-order chi connectivity index (χ0) is 26.2. The molecule has 0 unspecified atom stereocenters. The van der Waals surface area contributed by atoms with Crippen LogP contribution in [0.4, 0.5) is 10.5 Å². The molecule has 7 nitrogen and oxygen atoms in total. The Labute approximate surface area is 226 Å². The van der Waals surface area contributed by atoms with Crippen LogP contribution >= 0.6 is 23.2 Å². The summed E-state index contributed by atoms with van der Waals surface area (Å²) < 4.78 is 0. The molecule has 1 N–H and O–H groups in total. The van der Waals surface area contributed by atoms with E-state index in [0.717, 1.165) is 36.1 Å². The monoisotopic (exact) mass is 543 g/mol. The van der Waals surface area contributed by atoms with Gasteiger partial charge in [0.25, 0.3) is 5.91 Å². The first-order valence-corrected chi connectivity index (χ1v) is 13.7. The van der Waals surface area contributed by atoms with Gasteiger partial charge in [-0.1, -0.05) is 47.8 Å². The Hall–Kier alpha value is -2.77. The van der Waals surface area contributed by atoms with Gasteiger partial charge < -0.3 is 14.9 Å². The molecule has 2 aromatic carbocycles. The molecule has 2 heterocycles. The second-order valence-corrected chi connectivity index (χ2v) is 11.2. The minimum atomic E-state index is -0.868. The maximum Gasteiger partial charge on any atom is 0.327 e. The van der Waals surface area contributed by atoms with Gasteiger partial charge >= 0.3 is 12.0 Å². The number of aliphatic carboxylic acids is 1. The van der Waals surface area contributed by atoms with Crippen molar-refractivity contribution in [2.75, 3.05) is 31.1 Å². The van der Waals surface area contributed by atoms with Crippen LogP contribution in [-0.4, -0.2) is 64.5 Å². The third kappa shape index (κ3) is 5.16. The van der Waals surface area contributed by atoms with Crippen molar-refractivity contribution in [1.82, 2.24) is 9.80 Å². The summed E-state index contributed by atoms with van der Waals surface area (Å²) in [5.41, 5.74) is 1.71. The molecular weight excluding hydrogens is 513 g/mol. The van der Waals surface area contributed by atoms with E-state index in [9.17, 15) is 14.4 Å². The van der Waals surface area contributed by atoms with E-state index in [1.54, 1.807) is 17.0 Å². The lowest BCUT2D eigenvalue weighted by Gasteiger charge is -2.43. The van der Waals surface area contributed by atoms with E-state index in [1.807, 2.05) is 30.3 Å². The van der Waals surface area contributed by atoms with Gasteiger partial charge in [0.15, 0.2) is 0 Å². The van der Waals surface area contributed by atoms with Gasteiger partial charge in [-0.25, -0.2) is 4.79 Å². The first kappa shape index (κ1) is 25.9. The predicted molar refractivity (Wildman–Crippen MR) is 143 cm³/mol. The number of hydrogen-bond donors (Lipinski definition) is 1. The number of imide groups is 1. The number of carboxylic acid groups (broad SMARTS) is 1.